The molecule has 116 valence electrons. The molecule has 0 radical (unpaired) electrons. The quantitative estimate of drug-likeness (QED) is 0.890. The molecule has 0 saturated carbocycles. The van der Waals surface area contributed by atoms with E-state index in [4.69, 9.17) is 10.5 Å². The van der Waals surface area contributed by atoms with Crippen LogP contribution in [0.5, 0.6) is 0 Å². The largest absolute Gasteiger partial charge is 0.394 e. The summed E-state index contributed by atoms with van der Waals surface area (Å²) in [4.78, 5) is 18.5. The Balaban J connectivity index is 1.94. The molecule has 2 aromatic rings. The zero-order chi connectivity index (χ0) is 15.5. The monoisotopic (exact) mass is 319 g/mol. The number of hydrogen-bond donors (Lipinski definition) is 2. The van der Waals surface area contributed by atoms with Gasteiger partial charge in [0, 0.05) is 11.9 Å². The fourth-order valence-electron chi connectivity index (χ4n) is 2.69. The van der Waals surface area contributed by atoms with Crippen molar-refractivity contribution in [2.24, 2.45) is 0 Å². The number of aromatic nitrogens is 1. The van der Waals surface area contributed by atoms with Crippen LogP contribution in [0.3, 0.4) is 0 Å². The summed E-state index contributed by atoms with van der Waals surface area (Å²) in [7, 11) is 0. The van der Waals surface area contributed by atoms with E-state index in [0.29, 0.717) is 24.0 Å². The van der Waals surface area contributed by atoms with Crippen LogP contribution in [-0.4, -0.2) is 46.8 Å². The highest BCUT2D eigenvalue weighted by atomic mass is 32.1. The molecule has 1 fully saturated rings. The smallest absolute Gasteiger partial charge is 0.274 e. The third kappa shape index (κ3) is 2.83. The van der Waals surface area contributed by atoms with Gasteiger partial charge in [-0.15, -0.1) is 11.3 Å². The minimum absolute atomic E-state index is 0.150. The van der Waals surface area contributed by atoms with Crippen molar-refractivity contribution in [1.82, 2.24) is 9.88 Å². The molecular weight excluding hydrogens is 302 g/mol. The number of rotatable bonds is 3. The summed E-state index contributed by atoms with van der Waals surface area (Å²) in [6.45, 7) is 0.689. The van der Waals surface area contributed by atoms with Crippen LogP contribution in [0.15, 0.2) is 35.7 Å². The van der Waals surface area contributed by atoms with E-state index in [1.54, 1.807) is 10.3 Å². The van der Waals surface area contributed by atoms with Crippen molar-refractivity contribution in [3.05, 3.63) is 47.0 Å². The molecule has 1 aliphatic rings. The highest BCUT2D eigenvalue weighted by molar-refractivity contribution is 7.13. The fraction of sp³-hybridized carbons (Fsp3) is 0.333. The van der Waals surface area contributed by atoms with Crippen molar-refractivity contribution in [2.45, 2.75) is 12.1 Å². The maximum Gasteiger partial charge on any atom is 0.274 e. The summed E-state index contributed by atoms with van der Waals surface area (Å²) >= 11 is 1.24. The van der Waals surface area contributed by atoms with Crippen molar-refractivity contribution < 1.29 is 14.6 Å². The predicted octanol–water partition coefficient (Wildman–Crippen LogP) is 1.30. The van der Waals surface area contributed by atoms with Crippen molar-refractivity contribution in [3.8, 4) is 0 Å². The molecule has 0 spiro atoms. The predicted molar refractivity (Wildman–Crippen MR) is 83.6 cm³/mol. The summed E-state index contributed by atoms with van der Waals surface area (Å²) in [6, 6.07) is 9.24. The highest BCUT2D eigenvalue weighted by Gasteiger charge is 2.37. The van der Waals surface area contributed by atoms with Gasteiger partial charge >= 0.3 is 0 Å². The molecule has 2 heterocycles. The van der Waals surface area contributed by atoms with Crippen molar-refractivity contribution in [3.63, 3.8) is 0 Å². The summed E-state index contributed by atoms with van der Waals surface area (Å²) in [5.41, 5.74) is 6.88. The highest BCUT2D eigenvalue weighted by Crippen LogP contribution is 2.31. The van der Waals surface area contributed by atoms with Crippen LogP contribution in [0.4, 0.5) is 5.13 Å². The van der Waals surface area contributed by atoms with Crippen LogP contribution < -0.4 is 5.73 Å². The van der Waals surface area contributed by atoms with Crippen molar-refractivity contribution in [2.75, 3.05) is 25.5 Å². The molecule has 6 nitrogen and oxygen atoms in total. The lowest BCUT2D eigenvalue weighted by molar-refractivity contribution is -0.0812. The van der Waals surface area contributed by atoms with E-state index < -0.39 is 6.10 Å². The van der Waals surface area contributed by atoms with Crippen LogP contribution in [-0.2, 0) is 4.74 Å². The van der Waals surface area contributed by atoms with Crippen LogP contribution >= 0.6 is 11.3 Å². The molecule has 1 amide bonds. The van der Waals surface area contributed by atoms with Gasteiger partial charge in [0.25, 0.3) is 5.91 Å². The Morgan fingerprint density at radius 1 is 1.45 bits per heavy atom. The number of aliphatic hydroxyl groups excluding tert-OH is 1. The SMILES string of the molecule is Nc1nc(C(=O)N2CCO[C@@H](CO)[C@@H]2c2ccccc2)cs1. The van der Waals surface area contributed by atoms with Gasteiger partial charge in [0.15, 0.2) is 5.13 Å². The normalized spacial score (nSPS) is 21.8. The maximum atomic E-state index is 12.7. The number of thiazole rings is 1. The number of morpholine rings is 1. The molecule has 7 heteroatoms. The second kappa shape index (κ2) is 6.43. The lowest BCUT2D eigenvalue weighted by atomic mass is 9.98. The van der Waals surface area contributed by atoms with Crippen LogP contribution in [0.2, 0.25) is 0 Å². The second-order valence-corrected chi connectivity index (χ2v) is 5.91. The number of nitrogens with zero attached hydrogens (tertiary/aromatic N) is 2. The minimum atomic E-state index is -0.448. The zero-order valence-corrected chi connectivity index (χ0v) is 12.7. The van der Waals surface area contributed by atoms with Gasteiger partial charge in [-0.05, 0) is 5.56 Å². The van der Waals surface area contributed by atoms with Gasteiger partial charge in [0.1, 0.15) is 11.8 Å². The van der Waals surface area contributed by atoms with Gasteiger partial charge in [-0.2, -0.15) is 0 Å². The van der Waals surface area contributed by atoms with Gasteiger partial charge in [-0.1, -0.05) is 30.3 Å². The van der Waals surface area contributed by atoms with E-state index in [1.807, 2.05) is 30.3 Å². The number of ether oxygens (including phenoxy) is 1. The second-order valence-electron chi connectivity index (χ2n) is 5.02. The molecular formula is C15H17N3O3S. The third-order valence-corrected chi connectivity index (χ3v) is 4.35. The number of carbonyl (C=O) groups is 1. The molecule has 0 unspecified atom stereocenters. The number of amides is 1. The standard InChI is InChI=1S/C15H17N3O3S/c16-15-17-11(9-22-15)14(20)18-6-7-21-12(8-19)13(18)10-4-2-1-3-5-10/h1-5,9,12-13,19H,6-8H2,(H2,16,17)/t12-,13-/m0/s1. The molecule has 2 atom stereocenters. The van der Waals surface area contributed by atoms with Crippen LogP contribution in [0.1, 0.15) is 22.1 Å². The molecule has 3 rings (SSSR count). The Morgan fingerprint density at radius 2 is 2.23 bits per heavy atom. The summed E-state index contributed by atoms with van der Waals surface area (Å²) in [5.74, 6) is -0.191. The van der Waals surface area contributed by atoms with Crippen LogP contribution in [0.25, 0.3) is 0 Å². The van der Waals surface area contributed by atoms with E-state index in [-0.39, 0.29) is 18.6 Å². The zero-order valence-electron chi connectivity index (χ0n) is 11.9. The molecule has 1 aromatic carbocycles. The van der Waals surface area contributed by atoms with Gasteiger partial charge in [-0.25, -0.2) is 4.98 Å². The molecule has 0 bridgehead atoms. The minimum Gasteiger partial charge on any atom is -0.394 e. The average Bonchev–Trinajstić information content (AvgIpc) is 3.00. The third-order valence-electron chi connectivity index (χ3n) is 3.68. The summed E-state index contributed by atoms with van der Waals surface area (Å²) < 4.78 is 5.63. The van der Waals surface area contributed by atoms with Gasteiger partial charge in [0.05, 0.1) is 19.3 Å². The number of nitrogens with two attached hydrogens (primary N) is 1. The maximum absolute atomic E-state index is 12.7. The Bertz CT molecular complexity index is 646. The molecule has 0 aliphatic carbocycles. The Kier molecular flexibility index (Phi) is 4.37. The van der Waals surface area contributed by atoms with E-state index >= 15 is 0 Å². The van der Waals surface area contributed by atoms with E-state index in [2.05, 4.69) is 4.98 Å². The topological polar surface area (TPSA) is 88.7 Å². The number of nitrogen functional groups attached to an aromatic ring is 1. The molecule has 1 aromatic heterocycles. The van der Waals surface area contributed by atoms with E-state index in [1.165, 1.54) is 11.3 Å². The number of anilines is 1. The first-order chi connectivity index (χ1) is 10.7. The van der Waals surface area contributed by atoms with E-state index in [9.17, 15) is 9.90 Å². The lowest BCUT2D eigenvalue weighted by Crippen LogP contribution is -2.49. The van der Waals surface area contributed by atoms with Gasteiger partial charge < -0.3 is 20.5 Å². The first-order valence-corrected chi connectivity index (χ1v) is 7.88. The number of hydrogen-bond acceptors (Lipinski definition) is 6. The van der Waals surface area contributed by atoms with Crippen molar-refractivity contribution >= 4 is 22.4 Å². The Hall–Kier alpha value is -1.96. The van der Waals surface area contributed by atoms with E-state index in [0.717, 1.165) is 5.56 Å². The molecule has 1 aliphatic heterocycles. The summed E-state index contributed by atoms with van der Waals surface area (Å²) in [6.07, 6.45) is -0.448. The Labute approximate surface area is 132 Å². The average molecular weight is 319 g/mol. The van der Waals surface area contributed by atoms with Gasteiger partial charge in [0.2, 0.25) is 0 Å². The van der Waals surface area contributed by atoms with Gasteiger partial charge in [-0.3, -0.25) is 4.79 Å². The summed E-state index contributed by atoms with van der Waals surface area (Å²) in [5, 5.41) is 11.6. The number of aliphatic hydroxyl groups is 1. The molecule has 22 heavy (non-hydrogen) atoms. The number of carbonyl (C=O) groups excluding carboxylic acids is 1. The van der Waals surface area contributed by atoms with Crippen LogP contribution in [0, 0.1) is 0 Å². The first kappa shape index (κ1) is 15.0. The lowest BCUT2D eigenvalue weighted by Gasteiger charge is -2.40. The first-order valence-electron chi connectivity index (χ1n) is 7.00. The number of benzene rings is 1. The Morgan fingerprint density at radius 3 is 2.86 bits per heavy atom. The molecule has 3 N–H and O–H groups in total. The van der Waals surface area contributed by atoms with Crippen molar-refractivity contribution in [1.29, 1.82) is 0 Å². The molecule has 1 saturated heterocycles. The fourth-order valence-corrected chi connectivity index (χ4v) is 3.23.